The molecule has 1 unspecified atom stereocenters. The Bertz CT molecular complexity index is 1490. The van der Waals surface area contributed by atoms with Gasteiger partial charge in [-0.15, -0.1) is 0 Å². The predicted molar refractivity (Wildman–Crippen MR) is 152 cm³/mol. The standard InChI is InChI=1S/C31H35N5O2/c1-34(2)10-11-36(4)31(37)21-7-5-20(6-8-21)27-17-33-30-26(27)14-24(16-32-30)23-13-25-19-35(3)18-22-9-12-38-28(15-23)29(22)25/h5-8,13-17,22H,9-12,18-19H2,1-4H3,(H,32,33). The monoisotopic (exact) mass is 509 g/mol. The number of carbonyl (C=O) groups excluding carboxylic acids is 1. The third-order valence-electron chi connectivity index (χ3n) is 7.87. The van der Waals surface area contributed by atoms with Gasteiger partial charge in [0.05, 0.1) is 6.61 Å². The van der Waals surface area contributed by atoms with Crippen molar-refractivity contribution in [3.05, 3.63) is 71.5 Å². The lowest BCUT2D eigenvalue weighted by Gasteiger charge is -2.36. The average molecular weight is 510 g/mol. The van der Waals surface area contributed by atoms with Gasteiger partial charge in [0.15, 0.2) is 0 Å². The molecule has 0 spiro atoms. The number of rotatable bonds is 6. The zero-order valence-corrected chi connectivity index (χ0v) is 22.6. The number of nitrogens with one attached hydrogen (secondary N) is 1. The van der Waals surface area contributed by atoms with Gasteiger partial charge in [0.2, 0.25) is 0 Å². The molecule has 0 fully saturated rings. The number of benzene rings is 2. The van der Waals surface area contributed by atoms with Crippen LogP contribution in [0.15, 0.2) is 54.9 Å². The average Bonchev–Trinajstić information content (AvgIpc) is 3.34. The molecule has 2 aliphatic heterocycles. The van der Waals surface area contributed by atoms with Crippen LogP contribution in [0.4, 0.5) is 0 Å². The van der Waals surface area contributed by atoms with Crippen LogP contribution < -0.4 is 4.74 Å². The Balaban J connectivity index is 1.31. The first kappa shape index (κ1) is 24.6. The summed E-state index contributed by atoms with van der Waals surface area (Å²) in [4.78, 5) is 27.2. The SMILES string of the molecule is CN(C)CCN(C)C(=O)c1ccc(-c2c[nH]c3ncc(-c4cc5c6c(c4)OCCC6CN(C)C5)cc23)cc1. The number of H-pyrrole nitrogens is 1. The fourth-order valence-corrected chi connectivity index (χ4v) is 5.80. The van der Waals surface area contributed by atoms with Crippen LogP contribution in [-0.4, -0.2) is 85.0 Å². The third-order valence-corrected chi connectivity index (χ3v) is 7.87. The first-order valence-corrected chi connectivity index (χ1v) is 13.3. The van der Waals surface area contributed by atoms with E-state index in [9.17, 15) is 4.79 Å². The Morgan fingerprint density at radius 2 is 1.89 bits per heavy atom. The number of aromatic nitrogens is 2. The van der Waals surface area contributed by atoms with Crippen molar-refractivity contribution in [3.63, 3.8) is 0 Å². The van der Waals surface area contributed by atoms with E-state index in [1.54, 1.807) is 4.90 Å². The number of carbonyl (C=O) groups is 1. The number of hydrogen-bond acceptors (Lipinski definition) is 5. The molecule has 4 heterocycles. The molecule has 7 heteroatoms. The van der Waals surface area contributed by atoms with Crippen LogP contribution in [0.25, 0.3) is 33.3 Å². The summed E-state index contributed by atoms with van der Waals surface area (Å²) in [5.41, 5.74) is 8.64. The van der Waals surface area contributed by atoms with E-state index in [4.69, 9.17) is 9.72 Å². The Labute approximate surface area is 224 Å². The maximum atomic E-state index is 12.8. The molecule has 0 aliphatic carbocycles. The van der Waals surface area contributed by atoms with Crippen LogP contribution in [0.3, 0.4) is 0 Å². The first-order valence-electron chi connectivity index (χ1n) is 13.3. The highest BCUT2D eigenvalue weighted by atomic mass is 16.5. The quantitative estimate of drug-likeness (QED) is 0.403. The second-order valence-corrected chi connectivity index (χ2v) is 11.0. The summed E-state index contributed by atoms with van der Waals surface area (Å²) >= 11 is 0. The van der Waals surface area contributed by atoms with Crippen LogP contribution in [0.1, 0.15) is 33.8 Å². The summed E-state index contributed by atoms with van der Waals surface area (Å²) < 4.78 is 6.13. The smallest absolute Gasteiger partial charge is 0.253 e. The molecule has 6 rings (SSSR count). The summed E-state index contributed by atoms with van der Waals surface area (Å²) in [5.74, 6) is 1.63. The summed E-state index contributed by atoms with van der Waals surface area (Å²) in [6.45, 7) is 4.34. The summed E-state index contributed by atoms with van der Waals surface area (Å²) in [5, 5.41) is 1.06. The van der Waals surface area contributed by atoms with E-state index in [0.717, 1.165) is 71.7 Å². The normalized spacial score (nSPS) is 16.9. The van der Waals surface area contributed by atoms with Gasteiger partial charge in [-0.25, -0.2) is 4.98 Å². The lowest BCUT2D eigenvalue weighted by atomic mass is 9.84. The lowest BCUT2D eigenvalue weighted by Crippen LogP contribution is -2.33. The minimum atomic E-state index is 0.0350. The maximum Gasteiger partial charge on any atom is 0.253 e. The predicted octanol–water partition coefficient (Wildman–Crippen LogP) is 4.84. The highest BCUT2D eigenvalue weighted by Gasteiger charge is 2.30. The third kappa shape index (κ3) is 4.57. The van der Waals surface area contributed by atoms with Crippen molar-refractivity contribution < 1.29 is 9.53 Å². The molecule has 1 amide bonds. The van der Waals surface area contributed by atoms with Crippen LogP contribution in [0.5, 0.6) is 5.75 Å². The van der Waals surface area contributed by atoms with E-state index < -0.39 is 0 Å². The van der Waals surface area contributed by atoms with E-state index in [0.29, 0.717) is 18.0 Å². The van der Waals surface area contributed by atoms with E-state index in [1.807, 2.05) is 57.8 Å². The molecule has 2 aromatic heterocycles. The van der Waals surface area contributed by atoms with Gasteiger partial charge in [0.1, 0.15) is 11.4 Å². The summed E-state index contributed by atoms with van der Waals surface area (Å²) in [7, 11) is 8.08. The molecule has 0 saturated heterocycles. The largest absolute Gasteiger partial charge is 0.493 e. The molecule has 0 saturated carbocycles. The zero-order chi connectivity index (χ0) is 26.4. The van der Waals surface area contributed by atoms with Crippen molar-refractivity contribution in [3.8, 4) is 28.0 Å². The van der Waals surface area contributed by atoms with Gasteiger partial charge < -0.3 is 24.4 Å². The zero-order valence-electron chi connectivity index (χ0n) is 22.6. The first-order chi connectivity index (χ1) is 18.4. The van der Waals surface area contributed by atoms with Crippen molar-refractivity contribution in [1.82, 2.24) is 24.7 Å². The molecule has 4 aromatic rings. The second kappa shape index (κ2) is 9.89. The lowest BCUT2D eigenvalue weighted by molar-refractivity contribution is 0.0786. The molecular formula is C31H35N5O2. The van der Waals surface area contributed by atoms with Gasteiger partial charge in [-0.2, -0.15) is 0 Å². The van der Waals surface area contributed by atoms with E-state index >= 15 is 0 Å². The van der Waals surface area contributed by atoms with Crippen molar-refractivity contribution >= 4 is 16.9 Å². The molecular weight excluding hydrogens is 474 g/mol. The topological polar surface area (TPSA) is 64.7 Å². The van der Waals surface area contributed by atoms with Crippen LogP contribution in [0, 0.1) is 0 Å². The van der Waals surface area contributed by atoms with Crippen LogP contribution in [-0.2, 0) is 6.54 Å². The van der Waals surface area contributed by atoms with Crippen molar-refractivity contribution in [2.24, 2.45) is 0 Å². The van der Waals surface area contributed by atoms with Crippen molar-refractivity contribution in [2.75, 3.05) is 54.4 Å². The molecule has 196 valence electrons. The maximum absolute atomic E-state index is 12.8. The van der Waals surface area contributed by atoms with Crippen molar-refractivity contribution in [1.29, 1.82) is 0 Å². The molecule has 2 aromatic carbocycles. The molecule has 1 atom stereocenters. The molecule has 0 bridgehead atoms. The van der Waals surface area contributed by atoms with E-state index in [1.165, 1.54) is 11.1 Å². The van der Waals surface area contributed by atoms with Gasteiger partial charge in [0.25, 0.3) is 5.91 Å². The number of aromatic amines is 1. The van der Waals surface area contributed by atoms with Gasteiger partial charge in [-0.05, 0) is 74.6 Å². The number of ether oxygens (including phenoxy) is 1. The van der Waals surface area contributed by atoms with Crippen LogP contribution in [0.2, 0.25) is 0 Å². The van der Waals surface area contributed by atoms with Crippen molar-refractivity contribution in [2.45, 2.75) is 18.9 Å². The highest BCUT2D eigenvalue weighted by molar-refractivity contribution is 5.98. The Kier molecular flexibility index (Phi) is 6.41. The fourth-order valence-electron chi connectivity index (χ4n) is 5.80. The fraction of sp³-hybridized carbons (Fsp3) is 0.355. The molecule has 1 N–H and O–H groups in total. The number of nitrogens with zero attached hydrogens (tertiary/aromatic N) is 4. The Morgan fingerprint density at radius 1 is 1.08 bits per heavy atom. The number of amides is 1. The summed E-state index contributed by atoms with van der Waals surface area (Å²) in [6.07, 6.45) is 5.02. The Morgan fingerprint density at radius 3 is 2.68 bits per heavy atom. The van der Waals surface area contributed by atoms with Gasteiger partial charge in [-0.1, -0.05) is 12.1 Å². The number of likely N-dealkylation sites (N-methyl/N-ethyl adjacent to an activating group) is 3. The molecule has 38 heavy (non-hydrogen) atoms. The number of pyridine rings is 1. The molecule has 0 radical (unpaired) electrons. The van der Waals surface area contributed by atoms with Crippen LogP contribution >= 0.6 is 0 Å². The van der Waals surface area contributed by atoms with E-state index in [-0.39, 0.29) is 5.91 Å². The number of fused-ring (bicyclic) bond motifs is 1. The minimum absolute atomic E-state index is 0.0350. The van der Waals surface area contributed by atoms with Gasteiger partial charge >= 0.3 is 0 Å². The van der Waals surface area contributed by atoms with E-state index in [2.05, 4.69) is 40.0 Å². The summed E-state index contributed by atoms with van der Waals surface area (Å²) in [6, 6.07) is 14.6. The van der Waals surface area contributed by atoms with Gasteiger partial charge in [-0.3, -0.25) is 4.79 Å². The number of hydrogen-bond donors (Lipinski definition) is 1. The van der Waals surface area contributed by atoms with Gasteiger partial charge in [0, 0.05) is 79.2 Å². The highest BCUT2D eigenvalue weighted by Crippen LogP contribution is 2.43. The molecule has 2 aliphatic rings. The minimum Gasteiger partial charge on any atom is -0.493 e. The Hall–Kier alpha value is -3.68. The molecule has 7 nitrogen and oxygen atoms in total. The second-order valence-electron chi connectivity index (χ2n) is 11.0.